The van der Waals surface area contributed by atoms with Gasteiger partial charge in [0.05, 0.1) is 17.7 Å². The van der Waals surface area contributed by atoms with Crippen molar-refractivity contribution in [2.24, 2.45) is 0 Å². The fraction of sp³-hybridized carbons (Fsp3) is 0.172. The molecule has 0 aliphatic carbocycles. The zero-order valence-electron chi connectivity index (χ0n) is 20.8. The number of rotatable bonds is 7. The molecule has 1 saturated heterocycles. The number of carbonyl (C=O) groups is 3. The Hall–Kier alpha value is -4.96. The van der Waals surface area contributed by atoms with Crippen LogP contribution in [0.2, 0.25) is 0 Å². The maximum atomic E-state index is 13.5. The molecule has 4 aromatic rings. The summed E-state index contributed by atoms with van der Waals surface area (Å²) in [5.41, 5.74) is 3.84. The van der Waals surface area contributed by atoms with Crippen LogP contribution in [-0.4, -0.2) is 51.7 Å². The van der Waals surface area contributed by atoms with Crippen LogP contribution < -0.4 is 15.5 Å². The molecule has 2 heterocycles. The minimum absolute atomic E-state index is 0.0671. The van der Waals surface area contributed by atoms with Crippen molar-refractivity contribution >= 4 is 34.5 Å². The van der Waals surface area contributed by atoms with Crippen LogP contribution in [0.3, 0.4) is 0 Å². The normalized spacial score (nSPS) is 16.5. The predicted octanol–water partition coefficient (Wildman–Crippen LogP) is 4.15. The lowest BCUT2D eigenvalue weighted by Crippen LogP contribution is -2.43. The summed E-state index contributed by atoms with van der Waals surface area (Å²) in [5.74, 6) is -0.577. The molecule has 1 aliphatic heterocycles. The second-order valence-electron chi connectivity index (χ2n) is 9.02. The largest absolute Gasteiger partial charge is 0.488 e. The number of hydroxylamine groups is 1. The van der Waals surface area contributed by atoms with Gasteiger partial charge in [-0.25, -0.2) is 10.3 Å². The number of pyridine rings is 1. The third kappa shape index (κ3) is 5.97. The van der Waals surface area contributed by atoms with E-state index in [4.69, 9.17) is 14.7 Å². The van der Waals surface area contributed by atoms with Gasteiger partial charge in [-0.1, -0.05) is 48.5 Å². The van der Waals surface area contributed by atoms with Crippen LogP contribution in [0.25, 0.3) is 10.9 Å². The molecule has 5 rings (SSSR count). The van der Waals surface area contributed by atoms with E-state index in [1.165, 1.54) is 17.0 Å². The van der Waals surface area contributed by atoms with Crippen molar-refractivity contribution in [3.63, 3.8) is 0 Å². The van der Waals surface area contributed by atoms with E-state index < -0.39 is 24.1 Å². The van der Waals surface area contributed by atoms with Crippen LogP contribution in [0, 0.1) is 0 Å². The molecule has 0 spiro atoms. The number of carbonyl (C=O) groups excluding carboxylic acids is 3. The Labute approximate surface area is 224 Å². The van der Waals surface area contributed by atoms with Crippen LogP contribution in [0.15, 0.2) is 91.1 Å². The summed E-state index contributed by atoms with van der Waals surface area (Å²) in [7, 11) is 0. The number of benzene rings is 3. The number of anilines is 1. The van der Waals surface area contributed by atoms with Crippen LogP contribution in [0.4, 0.5) is 10.5 Å². The number of hydrogen-bond acceptors (Lipinski definition) is 7. The highest BCUT2D eigenvalue weighted by Gasteiger charge is 2.42. The maximum Gasteiger partial charge on any atom is 0.410 e. The molecule has 3 amide bonds. The first-order chi connectivity index (χ1) is 19.0. The zero-order valence-corrected chi connectivity index (χ0v) is 20.8. The number of fused-ring (bicyclic) bond motifs is 1. The molecular weight excluding hydrogens is 500 g/mol. The highest BCUT2D eigenvalue weighted by molar-refractivity contribution is 6.03. The van der Waals surface area contributed by atoms with Gasteiger partial charge in [-0.05, 0) is 42.0 Å². The van der Waals surface area contributed by atoms with Crippen molar-refractivity contribution < 1.29 is 29.1 Å². The van der Waals surface area contributed by atoms with Crippen molar-refractivity contribution in [3.05, 3.63) is 102 Å². The van der Waals surface area contributed by atoms with E-state index in [0.29, 0.717) is 17.0 Å². The molecule has 3 aromatic carbocycles. The van der Waals surface area contributed by atoms with Crippen molar-refractivity contribution in [3.8, 4) is 5.75 Å². The number of nitrogens with zero attached hydrogens (tertiary/aromatic N) is 2. The lowest BCUT2D eigenvalue weighted by molar-refractivity contribution is -0.120. The third-order valence-electron chi connectivity index (χ3n) is 6.42. The summed E-state index contributed by atoms with van der Waals surface area (Å²) in [4.78, 5) is 44.0. The van der Waals surface area contributed by atoms with Crippen LogP contribution in [-0.2, 0) is 16.1 Å². The van der Waals surface area contributed by atoms with E-state index in [2.05, 4.69) is 10.3 Å². The molecule has 10 heteroatoms. The van der Waals surface area contributed by atoms with Gasteiger partial charge in [0, 0.05) is 23.6 Å². The van der Waals surface area contributed by atoms with E-state index in [1.807, 2.05) is 54.6 Å². The Balaban J connectivity index is 1.33. The zero-order chi connectivity index (χ0) is 27.2. The van der Waals surface area contributed by atoms with Crippen molar-refractivity contribution in [1.29, 1.82) is 0 Å². The standard InChI is InChI=1S/C29H26N4O6/c34-27(32-37)21-11-13-22(14-12-21)39-23-16-25(33(17-23)29(36)38-18-19-6-2-1-3-7-19)28(35)31-24-10-4-8-20-9-5-15-30-26(20)24/h1-15,23,25,37H,16-18H2,(H,31,35)(H,32,34). The summed E-state index contributed by atoms with van der Waals surface area (Å²) >= 11 is 0. The average molecular weight is 527 g/mol. The smallest absolute Gasteiger partial charge is 0.410 e. The molecule has 3 N–H and O–H groups in total. The second kappa shape index (κ2) is 11.6. The summed E-state index contributed by atoms with van der Waals surface area (Å²) in [6.07, 6.45) is 0.744. The molecule has 1 aromatic heterocycles. The van der Waals surface area contributed by atoms with Crippen LogP contribution >= 0.6 is 0 Å². The number of aromatic nitrogens is 1. The molecule has 2 unspecified atom stereocenters. The number of ether oxygens (including phenoxy) is 2. The fourth-order valence-corrected chi connectivity index (χ4v) is 4.50. The number of likely N-dealkylation sites (tertiary alicyclic amines) is 1. The number of para-hydroxylation sites is 1. The summed E-state index contributed by atoms with van der Waals surface area (Å²) < 4.78 is 11.6. The molecule has 198 valence electrons. The number of amides is 3. The van der Waals surface area contributed by atoms with E-state index >= 15 is 0 Å². The van der Waals surface area contributed by atoms with Crippen molar-refractivity contribution in [1.82, 2.24) is 15.4 Å². The van der Waals surface area contributed by atoms with Gasteiger partial charge in [0.25, 0.3) is 5.91 Å². The fourth-order valence-electron chi connectivity index (χ4n) is 4.50. The first-order valence-electron chi connectivity index (χ1n) is 12.3. The predicted molar refractivity (Wildman–Crippen MR) is 142 cm³/mol. The Morgan fingerprint density at radius 2 is 1.72 bits per heavy atom. The van der Waals surface area contributed by atoms with Gasteiger partial charge in [-0.15, -0.1) is 0 Å². The Morgan fingerprint density at radius 1 is 0.949 bits per heavy atom. The lowest BCUT2D eigenvalue weighted by atomic mass is 10.1. The van der Waals surface area contributed by atoms with Crippen LogP contribution in [0.5, 0.6) is 5.75 Å². The quantitative estimate of drug-likeness (QED) is 0.244. The number of hydrogen-bond donors (Lipinski definition) is 3. The highest BCUT2D eigenvalue weighted by atomic mass is 16.6. The Morgan fingerprint density at radius 3 is 2.49 bits per heavy atom. The topological polar surface area (TPSA) is 130 Å². The van der Waals surface area contributed by atoms with Gasteiger partial charge in [0.2, 0.25) is 5.91 Å². The molecular formula is C29H26N4O6. The molecule has 0 bridgehead atoms. The first kappa shape index (κ1) is 25.7. The molecule has 10 nitrogen and oxygen atoms in total. The lowest BCUT2D eigenvalue weighted by Gasteiger charge is -2.23. The minimum atomic E-state index is -0.850. The molecule has 1 aliphatic rings. The molecule has 39 heavy (non-hydrogen) atoms. The molecule has 0 saturated carbocycles. The van der Waals surface area contributed by atoms with Crippen LogP contribution in [0.1, 0.15) is 22.3 Å². The van der Waals surface area contributed by atoms with Gasteiger partial charge >= 0.3 is 6.09 Å². The van der Waals surface area contributed by atoms with Gasteiger partial charge in [0.1, 0.15) is 24.5 Å². The Bertz CT molecular complexity index is 1470. The summed E-state index contributed by atoms with van der Waals surface area (Å²) in [6, 6.07) is 23.8. The van der Waals surface area contributed by atoms with E-state index in [-0.39, 0.29) is 31.0 Å². The summed E-state index contributed by atoms with van der Waals surface area (Å²) in [6.45, 7) is 0.191. The monoisotopic (exact) mass is 526 g/mol. The first-order valence-corrected chi connectivity index (χ1v) is 12.3. The van der Waals surface area contributed by atoms with Gasteiger partial charge in [0.15, 0.2) is 0 Å². The SMILES string of the molecule is O=C(NO)c1ccc(OC2CC(C(=O)Nc3cccc4cccnc34)N(C(=O)OCc3ccccc3)C2)cc1. The maximum absolute atomic E-state index is 13.5. The molecule has 1 fully saturated rings. The van der Waals surface area contributed by atoms with Gasteiger partial charge < -0.3 is 14.8 Å². The second-order valence-corrected chi connectivity index (χ2v) is 9.02. The van der Waals surface area contributed by atoms with Crippen molar-refractivity contribution in [2.45, 2.75) is 25.2 Å². The summed E-state index contributed by atoms with van der Waals surface area (Å²) in [5, 5.41) is 12.6. The molecule has 2 atom stereocenters. The van der Waals surface area contributed by atoms with E-state index in [9.17, 15) is 14.4 Å². The van der Waals surface area contributed by atoms with Crippen molar-refractivity contribution in [2.75, 3.05) is 11.9 Å². The van der Waals surface area contributed by atoms with Gasteiger partial charge in [-0.3, -0.25) is 24.7 Å². The van der Waals surface area contributed by atoms with E-state index in [0.717, 1.165) is 10.9 Å². The third-order valence-corrected chi connectivity index (χ3v) is 6.42. The average Bonchev–Trinajstić information content (AvgIpc) is 3.40. The minimum Gasteiger partial charge on any atom is -0.488 e. The number of nitrogens with one attached hydrogen (secondary N) is 2. The highest BCUT2D eigenvalue weighted by Crippen LogP contribution is 2.27. The van der Waals surface area contributed by atoms with Gasteiger partial charge in [-0.2, -0.15) is 0 Å². The Kier molecular flexibility index (Phi) is 7.65. The molecule has 0 radical (unpaired) electrons. The van der Waals surface area contributed by atoms with E-state index in [1.54, 1.807) is 29.9 Å².